The number of fused-ring (bicyclic) bond motifs is 1. The molecule has 1 aliphatic rings. The molecule has 1 aromatic heterocycles. The first-order valence-electron chi connectivity index (χ1n) is 10.8. The molecule has 2 heterocycles. The number of rotatable bonds is 7. The predicted octanol–water partition coefficient (Wildman–Crippen LogP) is 6.57. The number of nitrogens with zero attached hydrogens (tertiary/aromatic N) is 2. The number of hydrogen-bond donors (Lipinski definition) is 0. The fourth-order valence-corrected chi connectivity index (χ4v) is 5.15. The van der Waals surface area contributed by atoms with E-state index in [0.29, 0.717) is 17.2 Å². The zero-order chi connectivity index (χ0) is 23.5. The standard InChI is InChI=1S/C27H21BrN2O3S/c28-21-11-12-24-23(16-21)20(18-29(24)17-19-7-3-1-4-8-19)15-25-26(31)30(27(32)34-25)13-14-33-22-9-5-2-6-10-22/h1-12,15-16,18H,13-14,17H2/b25-15-. The van der Waals surface area contributed by atoms with E-state index in [1.807, 2.05) is 72.9 Å². The molecule has 5 rings (SSSR count). The zero-order valence-electron chi connectivity index (χ0n) is 18.2. The van der Waals surface area contributed by atoms with Gasteiger partial charge in [0, 0.05) is 33.7 Å². The first-order chi connectivity index (χ1) is 16.6. The minimum absolute atomic E-state index is 0.207. The van der Waals surface area contributed by atoms with Crippen LogP contribution in [0.3, 0.4) is 0 Å². The van der Waals surface area contributed by atoms with Crippen LogP contribution in [0.1, 0.15) is 11.1 Å². The number of benzene rings is 3. The molecule has 0 spiro atoms. The summed E-state index contributed by atoms with van der Waals surface area (Å²) in [5, 5.41) is 0.742. The van der Waals surface area contributed by atoms with Gasteiger partial charge in [0.1, 0.15) is 12.4 Å². The van der Waals surface area contributed by atoms with E-state index in [1.54, 1.807) is 0 Å². The van der Waals surface area contributed by atoms with Crippen molar-refractivity contribution in [1.29, 1.82) is 0 Å². The van der Waals surface area contributed by atoms with Crippen molar-refractivity contribution in [3.8, 4) is 5.75 Å². The first-order valence-corrected chi connectivity index (χ1v) is 12.4. The summed E-state index contributed by atoms with van der Waals surface area (Å²) < 4.78 is 8.79. The van der Waals surface area contributed by atoms with Gasteiger partial charge in [-0.1, -0.05) is 64.5 Å². The molecule has 0 atom stereocenters. The van der Waals surface area contributed by atoms with E-state index in [4.69, 9.17) is 4.74 Å². The summed E-state index contributed by atoms with van der Waals surface area (Å²) in [4.78, 5) is 27.2. The number of ether oxygens (including phenoxy) is 1. The van der Waals surface area contributed by atoms with Crippen molar-refractivity contribution in [2.45, 2.75) is 6.54 Å². The third kappa shape index (κ3) is 4.81. The van der Waals surface area contributed by atoms with Crippen molar-refractivity contribution in [2.75, 3.05) is 13.2 Å². The van der Waals surface area contributed by atoms with Crippen LogP contribution in [-0.4, -0.2) is 33.8 Å². The van der Waals surface area contributed by atoms with E-state index in [-0.39, 0.29) is 24.3 Å². The summed E-state index contributed by atoms with van der Waals surface area (Å²) >= 11 is 4.53. The van der Waals surface area contributed by atoms with E-state index in [1.165, 1.54) is 10.5 Å². The Bertz CT molecular complexity index is 1380. The van der Waals surface area contributed by atoms with Crippen molar-refractivity contribution in [1.82, 2.24) is 9.47 Å². The van der Waals surface area contributed by atoms with Gasteiger partial charge in [-0.05, 0) is 53.7 Å². The summed E-state index contributed by atoms with van der Waals surface area (Å²) in [7, 11) is 0. The van der Waals surface area contributed by atoms with Crippen molar-refractivity contribution < 1.29 is 14.3 Å². The maximum absolute atomic E-state index is 13.0. The molecule has 1 aliphatic heterocycles. The van der Waals surface area contributed by atoms with Gasteiger partial charge in [0.15, 0.2) is 0 Å². The van der Waals surface area contributed by atoms with Crippen molar-refractivity contribution in [2.24, 2.45) is 0 Å². The number of imide groups is 1. The molecule has 0 bridgehead atoms. The Morgan fingerprint density at radius 1 is 0.941 bits per heavy atom. The number of amides is 2. The SMILES string of the molecule is O=C1S/C(=C\c2cn(Cc3ccccc3)c3ccc(Br)cc23)C(=O)N1CCOc1ccccc1. The third-order valence-electron chi connectivity index (χ3n) is 5.56. The van der Waals surface area contributed by atoms with Gasteiger partial charge < -0.3 is 9.30 Å². The second-order valence-corrected chi connectivity index (χ2v) is 9.76. The molecule has 0 radical (unpaired) electrons. The fourth-order valence-electron chi connectivity index (χ4n) is 3.93. The number of carbonyl (C=O) groups excluding carboxylic acids is 2. The minimum atomic E-state index is -0.286. The monoisotopic (exact) mass is 532 g/mol. The van der Waals surface area contributed by atoms with E-state index < -0.39 is 0 Å². The highest BCUT2D eigenvalue weighted by Crippen LogP contribution is 2.35. The Morgan fingerprint density at radius 3 is 2.44 bits per heavy atom. The smallest absolute Gasteiger partial charge is 0.293 e. The molecule has 5 nitrogen and oxygen atoms in total. The molecule has 0 N–H and O–H groups in total. The van der Waals surface area contributed by atoms with Gasteiger partial charge in [0.2, 0.25) is 0 Å². The summed E-state index contributed by atoms with van der Waals surface area (Å²) in [5.74, 6) is 0.424. The summed E-state index contributed by atoms with van der Waals surface area (Å²) in [6, 6.07) is 25.7. The molecule has 3 aromatic carbocycles. The van der Waals surface area contributed by atoms with Crippen LogP contribution in [0.5, 0.6) is 5.75 Å². The predicted molar refractivity (Wildman–Crippen MR) is 140 cm³/mol. The Hall–Kier alpha value is -3.29. The highest BCUT2D eigenvalue weighted by atomic mass is 79.9. The van der Waals surface area contributed by atoms with Crippen LogP contribution < -0.4 is 4.74 Å². The molecule has 0 saturated carbocycles. The molecule has 0 aliphatic carbocycles. The zero-order valence-corrected chi connectivity index (χ0v) is 20.6. The number of carbonyl (C=O) groups is 2. The van der Waals surface area contributed by atoms with Crippen LogP contribution in [0.2, 0.25) is 0 Å². The molecule has 4 aromatic rings. The highest BCUT2D eigenvalue weighted by Gasteiger charge is 2.35. The van der Waals surface area contributed by atoms with E-state index in [9.17, 15) is 9.59 Å². The van der Waals surface area contributed by atoms with Crippen LogP contribution >= 0.6 is 27.7 Å². The molecule has 170 valence electrons. The van der Waals surface area contributed by atoms with Crippen molar-refractivity contribution >= 4 is 55.8 Å². The number of hydrogen-bond acceptors (Lipinski definition) is 4. The summed E-state index contributed by atoms with van der Waals surface area (Å²) in [6.07, 6.45) is 3.86. The lowest BCUT2D eigenvalue weighted by atomic mass is 10.1. The van der Waals surface area contributed by atoms with Gasteiger partial charge >= 0.3 is 0 Å². The molecule has 1 saturated heterocycles. The first kappa shape index (κ1) is 22.5. The number of aromatic nitrogens is 1. The molecule has 34 heavy (non-hydrogen) atoms. The summed E-state index contributed by atoms with van der Waals surface area (Å²) in [6.45, 7) is 1.17. The highest BCUT2D eigenvalue weighted by molar-refractivity contribution is 9.10. The van der Waals surface area contributed by atoms with Crippen LogP contribution in [0, 0.1) is 0 Å². The van der Waals surface area contributed by atoms with Gasteiger partial charge in [-0.25, -0.2) is 0 Å². The molecule has 2 amide bonds. The van der Waals surface area contributed by atoms with Crippen LogP contribution in [-0.2, 0) is 11.3 Å². The quantitative estimate of drug-likeness (QED) is 0.252. The Balaban J connectivity index is 1.38. The van der Waals surface area contributed by atoms with Crippen LogP contribution in [0.15, 0.2) is 94.4 Å². The Labute approximate surface area is 210 Å². The van der Waals surface area contributed by atoms with Gasteiger partial charge in [-0.3, -0.25) is 14.5 Å². The maximum atomic E-state index is 13.0. The molecule has 0 unspecified atom stereocenters. The maximum Gasteiger partial charge on any atom is 0.293 e. The van der Waals surface area contributed by atoms with Gasteiger partial charge in [-0.2, -0.15) is 0 Å². The third-order valence-corrected chi connectivity index (χ3v) is 6.96. The Morgan fingerprint density at radius 2 is 1.68 bits per heavy atom. The van der Waals surface area contributed by atoms with E-state index in [2.05, 4.69) is 38.7 Å². The fraction of sp³-hybridized carbons (Fsp3) is 0.111. The van der Waals surface area contributed by atoms with Crippen molar-refractivity contribution in [3.05, 3.63) is 106 Å². The average molecular weight is 533 g/mol. The number of halogens is 1. The van der Waals surface area contributed by atoms with Gasteiger partial charge in [-0.15, -0.1) is 0 Å². The van der Waals surface area contributed by atoms with Crippen LogP contribution in [0.25, 0.3) is 17.0 Å². The topological polar surface area (TPSA) is 51.5 Å². The second-order valence-electron chi connectivity index (χ2n) is 7.85. The minimum Gasteiger partial charge on any atom is -0.492 e. The lowest BCUT2D eigenvalue weighted by Gasteiger charge is -2.13. The number of para-hydroxylation sites is 1. The van der Waals surface area contributed by atoms with Gasteiger partial charge in [0.25, 0.3) is 11.1 Å². The van der Waals surface area contributed by atoms with Gasteiger partial charge in [0.05, 0.1) is 11.4 Å². The Kier molecular flexibility index (Phi) is 6.56. The average Bonchev–Trinajstić information content (AvgIpc) is 3.31. The molecule has 7 heteroatoms. The lowest BCUT2D eigenvalue weighted by Crippen LogP contribution is -2.32. The number of thioether (sulfide) groups is 1. The molecular weight excluding hydrogens is 512 g/mol. The lowest BCUT2D eigenvalue weighted by molar-refractivity contribution is -0.123. The van der Waals surface area contributed by atoms with Crippen molar-refractivity contribution in [3.63, 3.8) is 0 Å². The molecule has 1 fully saturated rings. The van der Waals surface area contributed by atoms with E-state index >= 15 is 0 Å². The normalized spacial score (nSPS) is 15.0. The second kappa shape index (κ2) is 9.91. The largest absolute Gasteiger partial charge is 0.492 e. The van der Waals surface area contributed by atoms with Crippen LogP contribution in [0.4, 0.5) is 4.79 Å². The molecular formula is C27H21BrN2O3S. The summed E-state index contributed by atoms with van der Waals surface area (Å²) in [5.41, 5.74) is 3.15. The van der Waals surface area contributed by atoms with E-state index in [0.717, 1.165) is 32.7 Å².